The quantitative estimate of drug-likeness (QED) is 0.670. The van der Waals surface area contributed by atoms with E-state index in [1.54, 1.807) is 0 Å². The van der Waals surface area contributed by atoms with E-state index in [9.17, 15) is 0 Å². The normalized spacial score (nSPS) is 14.4. The van der Waals surface area contributed by atoms with Crippen molar-refractivity contribution in [2.75, 3.05) is 19.0 Å². The Labute approximate surface area is 86.5 Å². The van der Waals surface area contributed by atoms with E-state index in [-0.39, 0.29) is 0 Å². The van der Waals surface area contributed by atoms with Gasteiger partial charge in [-0.1, -0.05) is 11.6 Å². The second kappa shape index (κ2) is 3.35. The number of hydrogen-bond acceptors (Lipinski definition) is 4. The van der Waals surface area contributed by atoms with Crippen LogP contribution in [0.3, 0.4) is 0 Å². The fraction of sp³-hybridized carbons (Fsp3) is 0.500. The van der Waals surface area contributed by atoms with Crippen LogP contribution in [0.4, 0.5) is 5.95 Å². The predicted molar refractivity (Wildman–Crippen MR) is 56.4 cm³/mol. The average Bonchev–Trinajstić information content (AvgIpc) is 2.51. The molecule has 70 valence electrons. The van der Waals surface area contributed by atoms with Crippen LogP contribution in [0.15, 0.2) is 0 Å². The maximum absolute atomic E-state index is 6.03. The molecule has 0 radical (unpaired) electrons. The van der Waals surface area contributed by atoms with Gasteiger partial charge in [-0.25, -0.2) is 9.97 Å². The number of thioether (sulfide) groups is 1. The number of halogens is 1. The Kier molecular flexibility index (Phi) is 2.34. The summed E-state index contributed by atoms with van der Waals surface area (Å²) in [5.41, 5.74) is 2.20. The molecule has 5 heteroatoms. The van der Waals surface area contributed by atoms with Gasteiger partial charge in [-0.2, -0.15) is 11.8 Å². The molecule has 0 N–H and O–H groups in total. The minimum Gasteiger partial charge on any atom is -0.347 e. The van der Waals surface area contributed by atoms with Gasteiger partial charge in [-0.05, 0) is 0 Å². The van der Waals surface area contributed by atoms with Crippen molar-refractivity contribution >= 4 is 29.3 Å². The summed E-state index contributed by atoms with van der Waals surface area (Å²) in [5.74, 6) is 2.60. The lowest BCUT2D eigenvalue weighted by atomic mass is 10.3. The first-order valence-electron chi connectivity index (χ1n) is 3.99. The molecule has 3 nitrogen and oxygen atoms in total. The average molecular weight is 216 g/mol. The zero-order valence-electron chi connectivity index (χ0n) is 7.54. The van der Waals surface area contributed by atoms with Crippen molar-refractivity contribution in [1.29, 1.82) is 0 Å². The molecular weight excluding hydrogens is 206 g/mol. The fourth-order valence-electron chi connectivity index (χ4n) is 1.20. The summed E-state index contributed by atoms with van der Waals surface area (Å²) < 4.78 is 0. The Morgan fingerprint density at radius 1 is 1.31 bits per heavy atom. The lowest BCUT2D eigenvalue weighted by Crippen LogP contribution is -2.14. The fourth-order valence-corrected chi connectivity index (χ4v) is 2.57. The molecule has 1 aliphatic heterocycles. The van der Waals surface area contributed by atoms with Gasteiger partial charge in [-0.15, -0.1) is 0 Å². The topological polar surface area (TPSA) is 29.0 Å². The first-order chi connectivity index (χ1) is 6.18. The van der Waals surface area contributed by atoms with Crippen molar-refractivity contribution < 1.29 is 0 Å². The van der Waals surface area contributed by atoms with Gasteiger partial charge >= 0.3 is 0 Å². The van der Waals surface area contributed by atoms with Crippen LogP contribution < -0.4 is 4.90 Å². The summed E-state index contributed by atoms with van der Waals surface area (Å²) in [5, 5.41) is 0.610. The Balaban J connectivity index is 2.49. The molecule has 2 rings (SSSR count). The zero-order valence-corrected chi connectivity index (χ0v) is 9.11. The van der Waals surface area contributed by atoms with Crippen LogP contribution in [0.5, 0.6) is 0 Å². The molecule has 1 aromatic heterocycles. The van der Waals surface area contributed by atoms with Crippen LogP contribution in [0, 0.1) is 0 Å². The first-order valence-corrected chi connectivity index (χ1v) is 5.52. The van der Waals surface area contributed by atoms with Crippen LogP contribution in [-0.4, -0.2) is 24.1 Å². The van der Waals surface area contributed by atoms with Gasteiger partial charge in [0, 0.05) is 31.2 Å². The summed E-state index contributed by atoms with van der Waals surface area (Å²) in [7, 11) is 3.83. The zero-order chi connectivity index (χ0) is 9.42. The SMILES string of the molecule is CN(C)c1nc(Cl)c2c(n1)CSC2. The largest absolute Gasteiger partial charge is 0.347 e. The molecule has 0 aliphatic carbocycles. The first kappa shape index (κ1) is 9.09. The van der Waals surface area contributed by atoms with Crippen LogP contribution >= 0.6 is 23.4 Å². The number of rotatable bonds is 1. The molecule has 13 heavy (non-hydrogen) atoms. The van der Waals surface area contributed by atoms with E-state index in [1.807, 2.05) is 30.8 Å². The number of fused-ring (bicyclic) bond motifs is 1. The van der Waals surface area contributed by atoms with Gasteiger partial charge in [-0.3, -0.25) is 0 Å². The van der Waals surface area contributed by atoms with Gasteiger partial charge in [0.15, 0.2) is 0 Å². The van der Waals surface area contributed by atoms with Gasteiger partial charge in [0.25, 0.3) is 0 Å². The van der Waals surface area contributed by atoms with E-state index < -0.39 is 0 Å². The molecule has 0 unspecified atom stereocenters. The third-order valence-corrected chi connectivity index (χ3v) is 3.20. The van der Waals surface area contributed by atoms with Crippen molar-refractivity contribution in [3.05, 3.63) is 16.4 Å². The predicted octanol–water partition coefficient (Wildman–Crippen LogP) is 1.94. The summed E-state index contributed by atoms with van der Waals surface area (Å²) in [6, 6.07) is 0. The van der Waals surface area contributed by atoms with E-state index in [0.717, 1.165) is 22.8 Å². The Bertz CT molecular complexity index is 340. The Morgan fingerprint density at radius 3 is 2.77 bits per heavy atom. The van der Waals surface area contributed by atoms with Crippen molar-refractivity contribution in [3.63, 3.8) is 0 Å². The molecule has 0 bridgehead atoms. The highest BCUT2D eigenvalue weighted by Gasteiger charge is 2.18. The maximum Gasteiger partial charge on any atom is 0.226 e. The molecule has 0 saturated carbocycles. The molecule has 0 spiro atoms. The standard InChI is InChI=1S/C8H10ClN3S/c1-12(2)8-10-6-4-13-3-5(6)7(9)11-8/h3-4H2,1-2H3. The van der Waals surface area contributed by atoms with E-state index in [0.29, 0.717) is 11.1 Å². The molecule has 1 aromatic rings. The highest BCUT2D eigenvalue weighted by molar-refractivity contribution is 7.98. The molecular formula is C8H10ClN3S. The smallest absolute Gasteiger partial charge is 0.226 e. The van der Waals surface area contributed by atoms with Gasteiger partial charge < -0.3 is 4.90 Å². The minimum atomic E-state index is 0.610. The van der Waals surface area contributed by atoms with Gasteiger partial charge in [0.1, 0.15) is 5.15 Å². The lowest BCUT2D eigenvalue weighted by molar-refractivity contribution is 0.964. The van der Waals surface area contributed by atoms with Crippen LogP contribution in [-0.2, 0) is 11.5 Å². The van der Waals surface area contributed by atoms with E-state index in [2.05, 4.69) is 9.97 Å². The highest BCUT2D eigenvalue weighted by Crippen LogP contribution is 2.33. The second-order valence-corrected chi connectivity index (χ2v) is 4.47. The molecule has 0 saturated heterocycles. The molecule has 2 heterocycles. The summed E-state index contributed by atoms with van der Waals surface area (Å²) in [6.07, 6.45) is 0. The molecule has 1 aliphatic rings. The van der Waals surface area contributed by atoms with E-state index >= 15 is 0 Å². The summed E-state index contributed by atoms with van der Waals surface area (Å²) in [6.45, 7) is 0. The van der Waals surface area contributed by atoms with Crippen LogP contribution in [0.2, 0.25) is 5.15 Å². The van der Waals surface area contributed by atoms with Crippen molar-refractivity contribution in [1.82, 2.24) is 9.97 Å². The third-order valence-electron chi connectivity index (χ3n) is 1.92. The Hall–Kier alpha value is -0.480. The maximum atomic E-state index is 6.03. The minimum absolute atomic E-state index is 0.610. The van der Waals surface area contributed by atoms with Crippen molar-refractivity contribution in [2.45, 2.75) is 11.5 Å². The number of nitrogens with zero attached hydrogens (tertiary/aromatic N) is 3. The molecule has 0 atom stereocenters. The van der Waals surface area contributed by atoms with E-state index in [1.165, 1.54) is 0 Å². The molecule has 0 amide bonds. The number of anilines is 1. The second-order valence-electron chi connectivity index (χ2n) is 3.13. The third kappa shape index (κ3) is 1.60. The van der Waals surface area contributed by atoms with Crippen LogP contribution in [0.1, 0.15) is 11.3 Å². The lowest BCUT2D eigenvalue weighted by Gasteiger charge is -2.11. The molecule has 0 fully saturated rings. The van der Waals surface area contributed by atoms with Crippen LogP contribution in [0.25, 0.3) is 0 Å². The van der Waals surface area contributed by atoms with Crippen molar-refractivity contribution in [2.24, 2.45) is 0 Å². The summed E-state index contributed by atoms with van der Waals surface area (Å²) >= 11 is 7.86. The summed E-state index contributed by atoms with van der Waals surface area (Å²) in [4.78, 5) is 10.5. The number of hydrogen-bond donors (Lipinski definition) is 0. The van der Waals surface area contributed by atoms with Crippen molar-refractivity contribution in [3.8, 4) is 0 Å². The van der Waals surface area contributed by atoms with Gasteiger partial charge in [0.2, 0.25) is 5.95 Å². The molecule has 0 aromatic carbocycles. The van der Waals surface area contributed by atoms with E-state index in [4.69, 9.17) is 11.6 Å². The monoisotopic (exact) mass is 215 g/mol. The van der Waals surface area contributed by atoms with Gasteiger partial charge in [0.05, 0.1) is 5.69 Å². The number of aromatic nitrogens is 2. The highest BCUT2D eigenvalue weighted by atomic mass is 35.5. The Morgan fingerprint density at radius 2 is 2.08 bits per heavy atom.